The average Bonchev–Trinajstić information content (AvgIpc) is 3.55. The summed E-state index contributed by atoms with van der Waals surface area (Å²) in [6, 6.07) is 14.4. The van der Waals surface area contributed by atoms with Gasteiger partial charge < -0.3 is 24.5 Å². The summed E-state index contributed by atoms with van der Waals surface area (Å²) in [6.07, 6.45) is -3.19. The van der Waals surface area contributed by atoms with Crippen LogP contribution >= 0.6 is 0 Å². The van der Waals surface area contributed by atoms with Crippen molar-refractivity contribution in [2.24, 2.45) is 0 Å². The molecule has 3 heterocycles. The second-order valence-electron chi connectivity index (χ2n) is 9.50. The van der Waals surface area contributed by atoms with E-state index in [0.717, 1.165) is 21.8 Å². The summed E-state index contributed by atoms with van der Waals surface area (Å²) in [7, 11) is 0. The molecule has 0 radical (unpaired) electrons. The van der Waals surface area contributed by atoms with E-state index < -0.39 is 42.1 Å². The number of H-pyrrole nitrogens is 1. The van der Waals surface area contributed by atoms with E-state index in [1.165, 1.54) is 6.92 Å². The molecular formula is C27H21N3O6. The number of aliphatic hydroxyl groups excluding tert-OH is 2. The predicted molar refractivity (Wildman–Crippen MR) is 132 cm³/mol. The zero-order chi connectivity index (χ0) is 24.9. The van der Waals surface area contributed by atoms with Gasteiger partial charge in [0.15, 0.2) is 0 Å². The van der Waals surface area contributed by atoms with Gasteiger partial charge in [0, 0.05) is 45.9 Å². The number of hydrogen-bond donors (Lipinski definition) is 4. The summed E-state index contributed by atoms with van der Waals surface area (Å²) in [5, 5.41) is 27.1. The van der Waals surface area contributed by atoms with Gasteiger partial charge in [0.1, 0.15) is 18.3 Å². The van der Waals surface area contributed by atoms with Crippen molar-refractivity contribution in [3.63, 3.8) is 0 Å². The van der Waals surface area contributed by atoms with Crippen molar-refractivity contribution in [2.45, 2.75) is 37.7 Å². The number of carbonyl (C=O) groups is 3. The second kappa shape index (κ2) is 7.16. The van der Waals surface area contributed by atoms with Crippen molar-refractivity contribution in [2.75, 3.05) is 0 Å². The van der Waals surface area contributed by atoms with Crippen LogP contribution in [0.1, 0.15) is 40.1 Å². The maximum Gasteiger partial charge on any atom is 0.302 e. The Morgan fingerprint density at radius 2 is 1.61 bits per heavy atom. The highest BCUT2D eigenvalue weighted by molar-refractivity contribution is 6.39. The summed E-state index contributed by atoms with van der Waals surface area (Å²) in [4.78, 5) is 41.3. The maximum absolute atomic E-state index is 13.2. The number of amides is 2. The molecule has 5 aromatic rings. The zero-order valence-corrected chi connectivity index (χ0v) is 19.1. The van der Waals surface area contributed by atoms with Crippen molar-refractivity contribution in [1.82, 2.24) is 14.9 Å². The van der Waals surface area contributed by atoms with Gasteiger partial charge in [0.05, 0.1) is 28.2 Å². The van der Waals surface area contributed by atoms with Crippen molar-refractivity contribution < 1.29 is 29.3 Å². The van der Waals surface area contributed by atoms with Gasteiger partial charge in [-0.3, -0.25) is 19.7 Å². The first-order chi connectivity index (χ1) is 17.4. The monoisotopic (exact) mass is 483 g/mol. The molecule has 0 saturated heterocycles. The quantitative estimate of drug-likeness (QED) is 0.225. The Balaban J connectivity index is 1.67. The third kappa shape index (κ3) is 2.58. The summed E-state index contributed by atoms with van der Waals surface area (Å²) >= 11 is 0. The summed E-state index contributed by atoms with van der Waals surface area (Å²) in [5.74, 6) is -1.46. The van der Waals surface area contributed by atoms with Crippen LogP contribution in [0.4, 0.5) is 0 Å². The van der Waals surface area contributed by atoms with Gasteiger partial charge in [-0.05, 0) is 12.1 Å². The Hall–Kier alpha value is -4.21. The minimum Gasteiger partial charge on any atom is -0.460 e. The molecule has 1 unspecified atom stereocenters. The number of carbonyl (C=O) groups excluding carboxylic acids is 3. The number of nitrogens with zero attached hydrogens (tertiary/aromatic N) is 1. The van der Waals surface area contributed by atoms with Crippen molar-refractivity contribution in [1.29, 1.82) is 0 Å². The SMILES string of the molecule is CC(=O)O[C@H]1CC(n2c3ccccc3c3c4c(c5c6ccccc6[nH]c5c32)C(=O)NC4=O)[C@H](O)[C@@H]1O. The number of aromatic amines is 1. The topological polar surface area (TPSA) is 134 Å². The minimum atomic E-state index is -1.27. The normalized spacial score (nSPS) is 23.8. The standard InChI is InChI=1S/C27H21N3O6/c1-11(31)36-17-10-16(24(32)25(17)33)30-15-9-5-3-7-13(15)19-21-20(26(34)29-27(21)35)18-12-6-2-4-8-14(12)28-22(18)23(19)30/h2-9,16-17,24-25,28,32-33H,10H2,1H3,(H,29,34,35)/t16?,17-,24-,25+/m0/s1. The fraction of sp³-hybridized carbons (Fsp3) is 0.222. The fourth-order valence-electron chi connectivity index (χ4n) is 6.17. The zero-order valence-electron chi connectivity index (χ0n) is 19.1. The predicted octanol–water partition coefficient (Wildman–Crippen LogP) is 2.91. The summed E-state index contributed by atoms with van der Waals surface area (Å²) < 4.78 is 7.22. The van der Waals surface area contributed by atoms with Crippen molar-refractivity contribution in [3.8, 4) is 0 Å². The number of para-hydroxylation sites is 2. The second-order valence-corrected chi connectivity index (χ2v) is 9.50. The van der Waals surface area contributed by atoms with Crippen LogP contribution in [-0.2, 0) is 9.53 Å². The van der Waals surface area contributed by atoms with Crippen LogP contribution in [0.2, 0.25) is 0 Å². The van der Waals surface area contributed by atoms with E-state index >= 15 is 0 Å². The average molecular weight is 483 g/mol. The Morgan fingerprint density at radius 1 is 0.944 bits per heavy atom. The van der Waals surface area contributed by atoms with Gasteiger partial charge in [-0.1, -0.05) is 36.4 Å². The number of fused-ring (bicyclic) bond motifs is 10. The molecule has 3 aromatic carbocycles. The van der Waals surface area contributed by atoms with Gasteiger partial charge >= 0.3 is 5.97 Å². The molecule has 1 aliphatic heterocycles. The number of aliphatic hydroxyl groups is 2. The Bertz CT molecular complexity index is 1800. The number of nitrogens with one attached hydrogen (secondary N) is 2. The smallest absolute Gasteiger partial charge is 0.302 e. The first-order valence-electron chi connectivity index (χ1n) is 11.7. The molecule has 1 fully saturated rings. The molecular weight excluding hydrogens is 462 g/mol. The van der Waals surface area contributed by atoms with Gasteiger partial charge in [-0.2, -0.15) is 0 Å². The van der Waals surface area contributed by atoms with Crippen LogP contribution in [0.15, 0.2) is 48.5 Å². The van der Waals surface area contributed by atoms with E-state index in [-0.39, 0.29) is 6.42 Å². The molecule has 2 aliphatic rings. The number of esters is 1. The van der Waals surface area contributed by atoms with Crippen LogP contribution in [-0.4, -0.2) is 55.9 Å². The molecule has 180 valence electrons. The molecule has 1 saturated carbocycles. The number of hydrogen-bond acceptors (Lipinski definition) is 6. The first kappa shape index (κ1) is 21.1. The number of aromatic nitrogens is 2. The highest BCUT2D eigenvalue weighted by Crippen LogP contribution is 2.46. The third-order valence-corrected chi connectivity index (χ3v) is 7.53. The van der Waals surface area contributed by atoms with Crippen LogP contribution in [0.3, 0.4) is 0 Å². The molecule has 2 amide bonds. The number of benzene rings is 3. The van der Waals surface area contributed by atoms with Crippen LogP contribution < -0.4 is 5.32 Å². The molecule has 2 aromatic heterocycles. The third-order valence-electron chi connectivity index (χ3n) is 7.53. The minimum absolute atomic E-state index is 0.180. The molecule has 9 nitrogen and oxygen atoms in total. The van der Waals surface area contributed by atoms with E-state index in [1.807, 2.05) is 53.1 Å². The van der Waals surface area contributed by atoms with E-state index in [2.05, 4.69) is 10.3 Å². The van der Waals surface area contributed by atoms with E-state index in [9.17, 15) is 24.6 Å². The Kier molecular flexibility index (Phi) is 4.20. The highest BCUT2D eigenvalue weighted by Gasteiger charge is 2.46. The molecule has 4 atom stereocenters. The van der Waals surface area contributed by atoms with E-state index in [4.69, 9.17) is 4.74 Å². The molecule has 9 heteroatoms. The Labute approximate surface area is 203 Å². The highest BCUT2D eigenvalue weighted by atomic mass is 16.6. The fourth-order valence-corrected chi connectivity index (χ4v) is 6.17. The summed E-state index contributed by atoms with van der Waals surface area (Å²) in [5.41, 5.74) is 3.46. The lowest BCUT2D eigenvalue weighted by atomic mass is 9.96. The lowest BCUT2D eigenvalue weighted by Gasteiger charge is -2.20. The number of imide groups is 1. The van der Waals surface area contributed by atoms with Crippen molar-refractivity contribution in [3.05, 3.63) is 59.7 Å². The molecule has 4 N–H and O–H groups in total. The van der Waals surface area contributed by atoms with Gasteiger partial charge in [0.2, 0.25) is 0 Å². The van der Waals surface area contributed by atoms with Crippen molar-refractivity contribution >= 4 is 61.4 Å². The van der Waals surface area contributed by atoms with Crippen LogP contribution in [0, 0.1) is 0 Å². The number of ether oxygens (including phenoxy) is 1. The summed E-state index contributed by atoms with van der Waals surface area (Å²) in [6.45, 7) is 1.26. The lowest BCUT2D eigenvalue weighted by Crippen LogP contribution is -2.33. The van der Waals surface area contributed by atoms with Gasteiger partial charge in [-0.25, -0.2) is 0 Å². The molecule has 36 heavy (non-hydrogen) atoms. The van der Waals surface area contributed by atoms with Gasteiger partial charge in [-0.15, -0.1) is 0 Å². The van der Waals surface area contributed by atoms with Crippen LogP contribution in [0.25, 0.3) is 43.6 Å². The van der Waals surface area contributed by atoms with Gasteiger partial charge in [0.25, 0.3) is 11.8 Å². The molecule has 0 spiro atoms. The van der Waals surface area contributed by atoms with E-state index in [0.29, 0.717) is 32.9 Å². The Morgan fingerprint density at radius 3 is 2.36 bits per heavy atom. The maximum atomic E-state index is 13.2. The number of rotatable bonds is 2. The molecule has 1 aliphatic carbocycles. The van der Waals surface area contributed by atoms with E-state index in [1.54, 1.807) is 0 Å². The van der Waals surface area contributed by atoms with Crippen LogP contribution in [0.5, 0.6) is 0 Å². The molecule has 7 rings (SSSR count). The lowest BCUT2D eigenvalue weighted by molar-refractivity contribution is -0.152. The largest absolute Gasteiger partial charge is 0.460 e. The molecule has 0 bridgehead atoms. The first-order valence-corrected chi connectivity index (χ1v) is 11.7.